The van der Waals surface area contributed by atoms with Gasteiger partial charge in [-0.05, 0) is 66.9 Å². The van der Waals surface area contributed by atoms with E-state index in [2.05, 4.69) is 15.5 Å². The number of fused-ring (bicyclic) bond motifs is 3. The Morgan fingerprint density at radius 2 is 1.63 bits per heavy atom. The number of hydrogen-bond donors (Lipinski definition) is 3. The van der Waals surface area contributed by atoms with E-state index in [-0.39, 0.29) is 51.7 Å². The van der Waals surface area contributed by atoms with Crippen molar-refractivity contribution >= 4 is 40.9 Å². The van der Waals surface area contributed by atoms with Gasteiger partial charge in [-0.3, -0.25) is 14.4 Å². The Kier molecular flexibility index (Phi) is 16.4. The van der Waals surface area contributed by atoms with Crippen LogP contribution >= 0.6 is 12.2 Å². The number of ether oxygens (including phenoxy) is 3. The Balaban J connectivity index is 0.00000158. The van der Waals surface area contributed by atoms with Crippen LogP contribution in [0.1, 0.15) is 44.4 Å². The normalized spacial score (nSPS) is 12.7. The third-order valence-corrected chi connectivity index (χ3v) is 5.23. The number of benzene rings is 1. The number of carboxylic acids is 2. The van der Waals surface area contributed by atoms with Gasteiger partial charge in [0.2, 0.25) is 22.2 Å². The molecule has 1 aliphatic carbocycles. The fourth-order valence-electron chi connectivity index (χ4n) is 3.89. The SMILES string of the molecule is CC(=O)O.CC(=O)[O-].COc1cc2c(c(OC)c1OC)-c1ccc(N=NC(N)=S)c(=O)cc1[C@@H](NC(C)=O)CC2.[Na+]. The van der Waals surface area contributed by atoms with Crippen molar-refractivity contribution in [3.63, 3.8) is 0 Å². The standard InChI is InChI=1S/C22H24N4O5S.2C2H4O2.Na/c1-11(27)24-15-7-5-12-9-18(29-2)20(30-3)21(31-4)19(12)13-6-8-16(25-26-22(23)32)17(28)10-14(13)15;2*1-2(3)4;/h6,8-10,15H,5,7H2,1-4H3,(H2,23,32)(H,24,27);2*1H3,(H,3,4);/q;;;+1/p-1/t15-;;;/m0.../s1. The summed E-state index contributed by atoms with van der Waals surface area (Å²) >= 11 is 4.72. The molecule has 13 nitrogen and oxygen atoms in total. The summed E-state index contributed by atoms with van der Waals surface area (Å²) in [5, 5.41) is 26.6. The Labute approximate surface area is 264 Å². The number of carbonyl (C=O) groups excluding carboxylic acids is 2. The van der Waals surface area contributed by atoms with Gasteiger partial charge in [-0.15, -0.1) is 10.2 Å². The van der Waals surface area contributed by atoms with E-state index in [0.29, 0.717) is 41.2 Å². The molecule has 2 aromatic rings. The van der Waals surface area contributed by atoms with E-state index in [4.69, 9.17) is 52.0 Å². The van der Waals surface area contributed by atoms with Crippen LogP contribution < -0.4 is 65.4 Å². The van der Waals surface area contributed by atoms with Crippen molar-refractivity contribution in [2.75, 3.05) is 21.3 Å². The topological polar surface area (TPSA) is 202 Å². The molecule has 2 aromatic carbocycles. The second-order valence-corrected chi connectivity index (χ2v) is 8.53. The van der Waals surface area contributed by atoms with Gasteiger partial charge in [0.05, 0.1) is 27.4 Å². The molecule has 1 atom stereocenters. The van der Waals surface area contributed by atoms with Crippen LogP contribution in [0, 0.1) is 0 Å². The van der Waals surface area contributed by atoms with E-state index in [9.17, 15) is 9.59 Å². The Morgan fingerprint density at radius 1 is 1.07 bits per heavy atom. The van der Waals surface area contributed by atoms with E-state index in [0.717, 1.165) is 25.0 Å². The Bertz CT molecular complexity index is 1350. The smallest absolute Gasteiger partial charge is 0.550 e. The van der Waals surface area contributed by atoms with Gasteiger partial charge in [-0.2, -0.15) is 0 Å². The minimum Gasteiger partial charge on any atom is -0.550 e. The van der Waals surface area contributed by atoms with Crippen molar-refractivity contribution in [1.82, 2.24) is 5.32 Å². The number of carboxylic acid groups (broad SMARTS) is 2. The van der Waals surface area contributed by atoms with Crippen molar-refractivity contribution in [1.29, 1.82) is 0 Å². The zero-order valence-corrected chi connectivity index (χ0v) is 26.7. The van der Waals surface area contributed by atoms with Crippen molar-refractivity contribution < 1.29 is 68.4 Å². The Hall–Kier alpha value is -3.59. The number of aliphatic carboxylic acids is 2. The second kappa shape index (κ2) is 18.0. The zero-order valence-electron chi connectivity index (χ0n) is 23.9. The number of rotatable bonds is 5. The molecule has 0 aliphatic heterocycles. The predicted molar refractivity (Wildman–Crippen MR) is 148 cm³/mol. The number of methoxy groups -OCH3 is 3. The van der Waals surface area contributed by atoms with Crippen LogP contribution in [0.4, 0.5) is 5.69 Å². The summed E-state index contributed by atoms with van der Waals surface area (Å²) in [6, 6.07) is 6.22. The molecule has 0 fully saturated rings. The van der Waals surface area contributed by atoms with Crippen molar-refractivity contribution in [2.45, 2.75) is 39.7 Å². The number of nitrogens with one attached hydrogen (secondary N) is 1. The monoisotopic (exact) mass is 598 g/mol. The minimum absolute atomic E-state index is 0. The molecule has 0 radical (unpaired) electrons. The summed E-state index contributed by atoms with van der Waals surface area (Å²) in [4.78, 5) is 42.7. The fraction of sp³-hybridized carbons (Fsp3) is 0.346. The van der Waals surface area contributed by atoms with E-state index in [1.807, 2.05) is 6.07 Å². The number of azo groups is 1. The van der Waals surface area contributed by atoms with Crippen LogP contribution in [0.3, 0.4) is 0 Å². The first-order valence-corrected chi connectivity index (χ1v) is 12.0. The summed E-state index contributed by atoms with van der Waals surface area (Å²) in [5.41, 5.74) is 8.07. The summed E-state index contributed by atoms with van der Waals surface area (Å²) in [6.45, 7) is 3.49. The van der Waals surface area contributed by atoms with Gasteiger partial charge in [0, 0.05) is 25.4 Å². The molecule has 0 heterocycles. The molecule has 0 saturated carbocycles. The van der Waals surface area contributed by atoms with E-state index in [1.54, 1.807) is 19.2 Å². The van der Waals surface area contributed by atoms with Crippen molar-refractivity contribution in [3.8, 4) is 28.4 Å². The van der Waals surface area contributed by atoms with Crippen LogP contribution in [0.5, 0.6) is 17.2 Å². The molecule has 0 spiro atoms. The quantitative estimate of drug-likeness (QED) is 0.217. The largest absolute Gasteiger partial charge is 1.00 e. The minimum atomic E-state index is -1.08. The van der Waals surface area contributed by atoms with E-state index in [1.165, 1.54) is 27.2 Å². The Morgan fingerprint density at radius 3 is 2.10 bits per heavy atom. The van der Waals surface area contributed by atoms with E-state index < -0.39 is 18.0 Å². The first-order chi connectivity index (χ1) is 18.8. The maximum Gasteiger partial charge on any atom is 1.00 e. The van der Waals surface area contributed by atoms with Crippen LogP contribution in [0.2, 0.25) is 0 Å². The number of carbonyl (C=O) groups is 3. The van der Waals surface area contributed by atoms with Crippen LogP contribution in [0.25, 0.3) is 11.1 Å². The third-order valence-electron chi connectivity index (χ3n) is 5.15. The van der Waals surface area contributed by atoms with Gasteiger partial charge in [0.15, 0.2) is 11.5 Å². The molecule has 3 rings (SSSR count). The number of aryl methyl sites for hydroxylation is 1. The predicted octanol–water partition coefficient (Wildman–Crippen LogP) is -0.959. The number of nitrogens with zero attached hydrogens (tertiary/aromatic N) is 2. The van der Waals surface area contributed by atoms with Gasteiger partial charge >= 0.3 is 29.6 Å². The number of hydrogen-bond acceptors (Lipinski definition) is 10. The summed E-state index contributed by atoms with van der Waals surface area (Å²) < 4.78 is 16.8. The fourth-order valence-corrected chi connectivity index (χ4v) is 3.93. The van der Waals surface area contributed by atoms with Gasteiger partial charge in [0.25, 0.3) is 5.97 Å². The molecule has 216 valence electrons. The molecular formula is C26H31N4NaO9S. The molecule has 15 heteroatoms. The first-order valence-electron chi connectivity index (χ1n) is 11.6. The number of amides is 1. The third kappa shape index (κ3) is 11.4. The average molecular weight is 599 g/mol. The van der Waals surface area contributed by atoms with E-state index >= 15 is 0 Å². The maximum absolute atomic E-state index is 12.9. The number of thiocarbonyl (C=S) groups is 1. The summed E-state index contributed by atoms with van der Waals surface area (Å²) in [7, 11) is 4.62. The van der Waals surface area contributed by atoms with Crippen molar-refractivity contribution in [2.24, 2.45) is 16.0 Å². The summed E-state index contributed by atoms with van der Waals surface area (Å²) in [5.74, 6) is -0.698. The van der Waals surface area contributed by atoms with Crippen LogP contribution in [0.15, 0.2) is 39.3 Å². The molecule has 1 aliphatic rings. The molecule has 1 amide bonds. The summed E-state index contributed by atoms with van der Waals surface area (Å²) in [6.07, 6.45) is 1.17. The molecule has 4 N–H and O–H groups in total. The molecular weight excluding hydrogens is 567 g/mol. The molecule has 41 heavy (non-hydrogen) atoms. The van der Waals surface area contributed by atoms with Gasteiger partial charge in [-0.1, -0.05) is 6.07 Å². The van der Waals surface area contributed by atoms with Crippen LogP contribution in [-0.2, 0) is 20.8 Å². The van der Waals surface area contributed by atoms with Crippen molar-refractivity contribution in [3.05, 3.63) is 45.6 Å². The van der Waals surface area contributed by atoms with Crippen LogP contribution in [-0.4, -0.2) is 49.4 Å². The molecule has 0 saturated heterocycles. The molecule has 0 aromatic heterocycles. The average Bonchev–Trinajstić information content (AvgIpc) is 3.09. The molecule has 0 bridgehead atoms. The zero-order chi connectivity index (χ0) is 30.6. The van der Waals surface area contributed by atoms with Gasteiger partial charge in [0.1, 0.15) is 5.69 Å². The van der Waals surface area contributed by atoms with Gasteiger partial charge in [-0.25, -0.2) is 0 Å². The second-order valence-electron chi connectivity index (χ2n) is 8.12. The first kappa shape index (κ1) is 37.4. The van der Waals surface area contributed by atoms with Gasteiger partial charge < -0.3 is 40.3 Å². The molecule has 0 unspecified atom stereocenters. The maximum atomic E-state index is 12.9. The number of nitrogens with two attached hydrogens (primary N) is 1.